The van der Waals surface area contributed by atoms with Crippen molar-refractivity contribution < 1.29 is 18.7 Å². The highest BCUT2D eigenvalue weighted by Crippen LogP contribution is 2.18. The number of amides is 1. The normalized spacial score (nSPS) is 13.3. The average Bonchev–Trinajstić information content (AvgIpc) is 3.38. The Morgan fingerprint density at radius 1 is 1.00 bits per heavy atom. The van der Waals surface area contributed by atoms with E-state index in [1.165, 1.54) is 31.1 Å². The Hall–Kier alpha value is -4.00. The van der Waals surface area contributed by atoms with Crippen LogP contribution in [0.3, 0.4) is 0 Å². The van der Waals surface area contributed by atoms with E-state index in [1.54, 1.807) is 42.5 Å². The molecule has 0 radical (unpaired) electrons. The topological polar surface area (TPSA) is 71.5 Å². The summed E-state index contributed by atoms with van der Waals surface area (Å²) in [4.78, 5) is 31.3. The second kappa shape index (κ2) is 10.5. The molecule has 168 valence electrons. The highest BCUT2D eigenvalue weighted by atomic mass is 19.1. The minimum absolute atomic E-state index is 0.0282. The van der Waals surface area contributed by atoms with E-state index in [4.69, 9.17) is 4.74 Å². The summed E-state index contributed by atoms with van der Waals surface area (Å²) >= 11 is 0. The molecule has 0 aliphatic carbocycles. The van der Waals surface area contributed by atoms with Crippen molar-refractivity contribution in [1.29, 1.82) is 0 Å². The summed E-state index contributed by atoms with van der Waals surface area (Å²) in [5.74, 6) is 0.428. The van der Waals surface area contributed by atoms with Gasteiger partial charge in [0, 0.05) is 24.3 Å². The Morgan fingerprint density at radius 2 is 1.73 bits per heavy atom. The lowest BCUT2D eigenvalue weighted by Crippen LogP contribution is -2.18. The van der Waals surface area contributed by atoms with Gasteiger partial charge in [0.05, 0.1) is 5.69 Å². The van der Waals surface area contributed by atoms with Gasteiger partial charge >= 0.3 is 6.09 Å². The van der Waals surface area contributed by atoms with Gasteiger partial charge in [0.1, 0.15) is 18.2 Å². The lowest BCUT2D eigenvalue weighted by Gasteiger charge is -2.16. The van der Waals surface area contributed by atoms with Gasteiger partial charge in [0.15, 0.2) is 5.78 Å². The molecule has 4 rings (SSSR count). The Bertz CT molecular complexity index is 1140. The number of carbonyl (C=O) groups excluding carboxylic acids is 2. The molecule has 7 heteroatoms. The molecule has 1 N–H and O–H groups in total. The molecule has 0 unspecified atom stereocenters. The number of aromatic nitrogens is 1. The van der Waals surface area contributed by atoms with Crippen molar-refractivity contribution in [3.63, 3.8) is 0 Å². The van der Waals surface area contributed by atoms with Crippen molar-refractivity contribution in [2.75, 3.05) is 23.3 Å². The van der Waals surface area contributed by atoms with Crippen LogP contribution in [0.25, 0.3) is 6.08 Å². The molecular formula is C26H24FN3O3. The van der Waals surface area contributed by atoms with E-state index in [0.29, 0.717) is 16.8 Å². The zero-order valence-corrected chi connectivity index (χ0v) is 18.0. The van der Waals surface area contributed by atoms with E-state index in [9.17, 15) is 14.0 Å². The van der Waals surface area contributed by atoms with Crippen LogP contribution in [-0.2, 0) is 11.3 Å². The van der Waals surface area contributed by atoms with Gasteiger partial charge in [-0.2, -0.15) is 0 Å². The van der Waals surface area contributed by atoms with Crippen LogP contribution in [0.1, 0.15) is 34.5 Å². The quantitative estimate of drug-likeness (QED) is 0.386. The van der Waals surface area contributed by atoms with Gasteiger partial charge in [-0.1, -0.05) is 18.2 Å². The first-order valence-electron chi connectivity index (χ1n) is 10.8. The summed E-state index contributed by atoms with van der Waals surface area (Å²) in [7, 11) is 0. The molecule has 1 saturated heterocycles. The van der Waals surface area contributed by atoms with Crippen molar-refractivity contribution in [3.05, 3.63) is 95.4 Å². The van der Waals surface area contributed by atoms with Gasteiger partial charge in [0.25, 0.3) is 0 Å². The van der Waals surface area contributed by atoms with Crippen LogP contribution < -0.4 is 10.2 Å². The number of hydrogen-bond acceptors (Lipinski definition) is 5. The predicted molar refractivity (Wildman–Crippen MR) is 126 cm³/mol. The smallest absolute Gasteiger partial charge is 0.411 e. The van der Waals surface area contributed by atoms with Crippen LogP contribution in [0.2, 0.25) is 0 Å². The van der Waals surface area contributed by atoms with Crippen LogP contribution in [-0.4, -0.2) is 29.9 Å². The lowest BCUT2D eigenvalue weighted by atomic mass is 10.1. The summed E-state index contributed by atoms with van der Waals surface area (Å²) in [5, 5.41) is 2.60. The lowest BCUT2D eigenvalue weighted by molar-refractivity contribution is 0.104. The fraction of sp³-hybridized carbons (Fsp3) is 0.192. The molecule has 1 aliphatic rings. The van der Waals surface area contributed by atoms with E-state index in [1.807, 2.05) is 18.2 Å². The van der Waals surface area contributed by atoms with Crippen LogP contribution in [0.4, 0.5) is 20.7 Å². The summed E-state index contributed by atoms with van der Waals surface area (Å²) < 4.78 is 18.0. The number of nitrogens with one attached hydrogen (secondary N) is 1. The first kappa shape index (κ1) is 22.2. The predicted octanol–water partition coefficient (Wildman–Crippen LogP) is 5.47. The number of anilines is 2. The van der Waals surface area contributed by atoms with Crippen molar-refractivity contribution in [2.45, 2.75) is 19.4 Å². The van der Waals surface area contributed by atoms with E-state index in [2.05, 4.69) is 15.2 Å². The molecule has 0 bridgehead atoms. The summed E-state index contributed by atoms with van der Waals surface area (Å²) in [6.07, 6.45) is 4.92. The highest BCUT2D eigenvalue weighted by Gasteiger charge is 2.13. The molecule has 1 amide bonds. The first-order chi connectivity index (χ1) is 16.1. The number of carbonyl (C=O) groups is 2. The Labute approximate surface area is 191 Å². The fourth-order valence-corrected chi connectivity index (χ4v) is 3.51. The first-order valence-corrected chi connectivity index (χ1v) is 10.8. The molecule has 0 spiro atoms. The van der Waals surface area contributed by atoms with E-state index >= 15 is 0 Å². The maximum Gasteiger partial charge on any atom is 0.411 e. The van der Waals surface area contributed by atoms with Crippen LogP contribution in [0.15, 0.2) is 72.8 Å². The zero-order chi connectivity index (χ0) is 23.0. The third kappa shape index (κ3) is 6.26. The zero-order valence-electron chi connectivity index (χ0n) is 18.0. The van der Waals surface area contributed by atoms with Crippen molar-refractivity contribution in [1.82, 2.24) is 4.98 Å². The van der Waals surface area contributed by atoms with Crippen LogP contribution in [0.5, 0.6) is 0 Å². The van der Waals surface area contributed by atoms with Crippen molar-refractivity contribution in [2.24, 2.45) is 0 Å². The summed E-state index contributed by atoms with van der Waals surface area (Å²) in [6, 6.07) is 18.0. The number of nitrogens with zero attached hydrogens (tertiary/aromatic N) is 2. The number of allylic oxidation sites excluding steroid dienone is 1. The third-order valence-corrected chi connectivity index (χ3v) is 5.29. The number of hydrogen-bond donors (Lipinski definition) is 1. The van der Waals surface area contributed by atoms with Gasteiger partial charge in [-0.3, -0.25) is 10.1 Å². The maximum absolute atomic E-state index is 12.9. The Balaban J connectivity index is 1.30. The highest BCUT2D eigenvalue weighted by molar-refractivity contribution is 6.07. The van der Waals surface area contributed by atoms with Gasteiger partial charge in [-0.25, -0.2) is 14.2 Å². The monoisotopic (exact) mass is 445 g/mol. The molecule has 0 saturated carbocycles. The molecule has 2 heterocycles. The average molecular weight is 445 g/mol. The third-order valence-electron chi connectivity index (χ3n) is 5.29. The number of benzene rings is 2. The van der Waals surface area contributed by atoms with Crippen LogP contribution >= 0.6 is 0 Å². The molecule has 1 aliphatic heterocycles. The molecular weight excluding hydrogens is 421 g/mol. The van der Waals surface area contributed by atoms with Gasteiger partial charge in [0.2, 0.25) is 0 Å². The Morgan fingerprint density at radius 3 is 2.45 bits per heavy atom. The number of ketones is 1. The number of rotatable bonds is 7. The number of halogens is 1. The standard InChI is InChI=1S/C26H24FN3O3/c27-21-10-6-19(7-11-21)18-33-26(32)29-23-12-8-20(9-13-23)24(31)15-14-22-4-3-5-25(28-22)30-16-1-2-17-30/h3-15H,1-2,16-18H2,(H,29,32)/b15-14+. The molecule has 6 nitrogen and oxygen atoms in total. The molecule has 0 atom stereocenters. The number of ether oxygens (including phenoxy) is 1. The fourth-order valence-electron chi connectivity index (χ4n) is 3.51. The minimum atomic E-state index is -0.637. The van der Waals surface area contributed by atoms with Gasteiger partial charge in [-0.15, -0.1) is 0 Å². The molecule has 1 aromatic heterocycles. The van der Waals surface area contributed by atoms with Crippen molar-refractivity contribution in [3.8, 4) is 0 Å². The summed E-state index contributed by atoms with van der Waals surface area (Å²) in [6.45, 7) is 2.05. The van der Waals surface area contributed by atoms with Crippen molar-refractivity contribution >= 4 is 29.5 Å². The van der Waals surface area contributed by atoms with Gasteiger partial charge in [-0.05, 0) is 79.1 Å². The summed E-state index contributed by atoms with van der Waals surface area (Å²) in [5.41, 5.74) is 2.40. The SMILES string of the molecule is O=C(Nc1ccc(C(=O)/C=C/c2cccc(N3CCCC3)n2)cc1)OCc1ccc(F)cc1. The molecule has 1 fully saturated rings. The minimum Gasteiger partial charge on any atom is -0.444 e. The van der Waals surface area contributed by atoms with E-state index in [-0.39, 0.29) is 18.2 Å². The Kier molecular flexibility index (Phi) is 7.09. The van der Waals surface area contributed by atoms with E-state index < -0.39 is 6.09 Å². The second-order valence-electron chi connectivity index (χ2n) is 7.72. The molecule has 33 heavy (non-hydrogen) atoms. The molecule has 3 aromatic rings. The number of pyridine rings is 1. The van der Waals surface area contributed by atoms with Gasteiger partial charge < -0.3 is 9.64 Å². The van der Waals surface area contributed by atoms with E-state index in [0.717, 1.165) is 24.6 Å². The maximum atomic E-state index is 12.9. The second-order valence-corrected chi connectivity index (χ2v) is 7.72. The largest absolute Gasteiger partial charge is 0.444 e. The molecule has 2 aromatic carbocycles. The van der Waals surface area contributed by atoms with Crippen LogP contribution in [0, 0.1) is 5.82 Å².